The Bertz CT molecular complexity index is 784. The number of aromatic nitrogens is 2. The third-order valence-electron chi connectivity index (χ3n) is 4.92. The van der Waals surface area contributed by atoms with Crippen molar-refractivity contribution in [2.24, 2.45) is 5.16 Å². The van der Waals surface area contributed by atoms with Crippen molar-refractivity contribution in [3.8, 4) is 0 Å². The second kappa shape index (κ2) is 8.70. The summed E-state index contributed by atoms with van der Waals surface area (Å²) in [7, 11) is 0. The minimum Gasteiger partial charge on any atom is -0.390 e. The zero-order chi connectivity index (χ0) is 18.6. The van der Waals surface area contributed by atoms with Crippen molar-refractivity contribution >= 4 is 28.3 Å². The summed E-state index contributed by atoms with van der Waals surface area (Å²) in [6, 6.07) is 8.36. The highest BCUT2D eigenvalue weighted by atomic mass is 127. The average molecular weight is 481 g/mol. The van der Waals surface area contributed by atoms with E-state index in [-0.39, 0.29) is 18.5 Å². The van der Waals surface area contributed by atoms with E-state index in [1.807, 2.05) is 19.3 Å². The predicted molar refractivity (Wildman–Crippen MR) is 111 cm³/mol. The summed E-state index contributed by atoms with van der Waals surface area (Å²) >= 11 is 2.31. The predicted octanol–water partition coefficient (Wildman–Crippen LogP) is 4.29. The maximum Gasteiger partial charge on any atom is 0.158 e. The molecule has 3 heterocycles. The molecule has 1 saturated heterocycles. The molecule has 0 saturated carbocycles. The zero-order valence-corrected chi connectivity index (χ0v) is 17.5. The largest absolute Gasteiger partial charge is 0.390 e. The molecule has 3 unspecified atom stereocenters. The van der Waals surface area contributed by atoms with Crippen molar-refractivity contribution < 1.29 is 14.3 Å². The molecule has 6 nitrogen and oxygen atoms in total. The summed E-state index contributed by atoms with van der Waals surface area (Å²) in [5, 5.41) is 4.29. The molecule has 2 aliphatic rings. The number of imidazole rings is 1. The maximum absolute atomic E-state index is 6.07. The van der Waals surface area contributed by atoms with Crippen LogP contribution in [-0.4, -0.2) is 34.3 Å². The molecule has 0 radical (unpaired) electrons. The van der Waals surface area contributed by atoms with E-state index in [4.69, 9.17) is 14.3 Å². The molecule has 1 fully saturated rings. The number of oxime groups is 1. The standard InChI is InChI=1S/C20H24IN3O3/c1-14(26-19-4-2-3-11-25-19)20-22-9-10-24(20)13-17-12-18(23-27-17)15-5-7-16(21)8-6-15/h5-10,14,17,19H,2-4,11-13H2,1H3. The van der Waals surface area contributed by atoms with Crippen LogP contribution in [0.3, 0.4) is 0 Å². The lowest BCUT2D eigenvalue weighted by Gasteiger charge is -2.26. The highest BCUT2D eigenvalue weighted by Crippen LogP contribution is 2.24. The Labute approximate surface area is 173 Å². The second-order valence-corrected chi connectivity index (χ2v) is 8.23. The molecule has 0 spiro atoms. The van der Waals surface area contributed by atoms with Crippen molar-refractivity contribution in [1.82, 2.24) is 9.55 Å². The number of rotatable bonds is 6. The van der Waals surface area contributed by atoms with Crippen molar-refractivity contribution in [1.29, 1.82) is 0 Å². The average Bonchev–Trinajstić information content (AvgIpc) is 3.33. The monoisotopic (exact) mass is 481 g/mol. The van der Waals surface area contributed by atoms with Crippen molar-refractivity contribution in [3.05, 3.63) is 51.6 Å². The van der Waals surface area contributed by atoms with Gasteiger partial charge >= 0.3 is 0 Å². The van der Waals surface area contributed by atoms with Crippen LogP contribution in [0.15, 0.2) is 41.8 Å². The van der Waals surface area contributed by atoms with Gasteiger partial charge in [-0.1, -0.05) is 17.3 Å². The van der Waals surface area contributed by atoms with E-state index >= 15 is 0 Å². The Balaban J connectivity index is 1.35. The summed E-state index contributed by atoms with van der Waals surface area (Å²) in [5.74, 6) is 0.899. The van der Waals surface area contributed by atoms with Gasteiger partial charge in [0.15, 0.2) is 12.4 Å². The summed E-state index contributed by atoms with van der Waals surface area (Å²) in [4.78, 5) is 10.2. The molecule has 27 heavy (non-hydrogen) atoms. The number of halogens is 1. The van der Waals surface area contributed by atoms with Gasteiger partial charge < -0.3 is 18.9 Å². The smallest absolute Gasteiger partial charge is 0.158 e. The molecule has 3 atom stereocenters. The van der Waals surface area contributed by atoms with Gasteiger partial charge in [-0.15, -0.1) is 0 Å². The number of hydrogen-bond acceptors (Lipinski definition) is 5. The van der Waals surface area contributed by atoms with Gasteiger partial charge in [-0.3, -0.25) is 0 Å². The minimum absolute atomic E-state index is 0.00496. The first-order valence-electron chi connectivity index (χ1n) is 9.46. The molecule has 0 bridgehead atoms. The van der Waals surface area contributed by atoms with E-state index in [9.17, 15) is 0 Å². The SMILES string of the molecule is CC(OC1CCCCO1)c1nccn1CC1CC(c2ccc(I)cc2)=NO1. The molecular formula is C20H24IN3O3. The van der Waals surface area contributed by atoms with Crippen LogP contribution in [-0.2, 0) is 20.9 Å². The van der Waals surface area contributed by atoms with E-state index in [0.29, 0.717) is 6.54 Å². The normalized spacial score (nSPS) is 23.7. The summed E-state index contributed by atoms with van der Waals surface area (Å²) in [6.45, 7) is 3.51. The quantitative estimate of drug-likeness (QED) is 0.578. The Morgan fingerprint density at radius 1 is 1.30 bits per heavy atom. The highest BCUT2D eigenvalue weighted by Gasteiger charge is 2.26. The fraction of sp³-hybridized carbons (Fsp3) is 0.500. The van der Waals surface area contributed by atoms with Crippen LogP contribution in [0.1, 0.15) is 50.1 Å². The van der Waals surface area contributed by atoms with Crippen molar-refractivity contribution in [2.75, 3.05) is 6.61 Å². The summed E-state index contributed by atoms with van der Waals surface area (Å²) in [5.41, 5.74) is 2.12. The van der Waals surface area contributed by atoms with E-state index in [1.165, 1.54) is 3.57 Å². The molecule has 0 aliphatic carbocycles. The van der Waals surface area contributed by atoms with Crippen LogP contribution in [0, 0.1) is 3.57 Å². The molecular weight excluding hydrogens is 457 g/mol. The van der Waals surface area contributed by atoms with E-state index in [1.54, 1.807) is 0 Å². The lowest BCUT2D eigenvalue weighted by molar-refractivity contribution is -0.188. The number of benzene rings is 1. The number of ether oxygens (including phenoxy) is 2. The first kappa shape index (κ1) is 18.9. The third-order valence-corrected chi connectivity index (χ3v) is 5.64. The molecule has 7 heteroatoms. The third kappa shape index (κ3) is 4.70. The summed E-state index contributed by atoms with van der Waals surface area (Å²) < 4.78 is 15.1. The topological polar surface area (TPSA) is 57.9 Å². The van der Waals surface area contributed by atoms with Crippen LogP contribution >= 0.6 is 22.6 Å². The fourth-order valence-electron chi connectivity index (χ4n) is 3.50. The van der Waals surface area contributed by atoms with Crippen LogP contribution in [0.2, 0.25) is 0 Å². The fourth-order valence-corrected chi connectivity index (χ4v) is 3.86. The van der Waals surface area contributed by atoms with Crippen LogP contribution in [0.5, 0.6) is 0 Å². The Morgan fingerprint density at radius 3 is 2.93 bits per heavy atom. The molecule has 4 rings (SSSR count). The van der Waals surface area contributed by atoms with Crippen LogP contribution < -0.4 is 0 Å². The van der Waals surface area contributed by atoms with Gasteiger partial charge in [0.2, 0.25) is 0 Å². The van der Waals surface area contributed by atoms with Gasteiger partial charge in [-0.25, -0.2) is 4.98 Å². The Morgan fingerprint density at radius 2 is 2.15 bits per heavy atom. The van der Waals surface area contributed by atoms with Crippen LogP contribution in [0.4, 0.5) is 0 Å². The molecule has 1 aromatic carbocycles. The molecule has 0 amide bonds. The Kier molecular flexibility index (Phi) is 6.09. The van der Waals surface area contributed by atoms with Crippen molar-refractivity contribution in [3.63, 3.8) is 0 Å². The van der Waals surface area contributed by atoms with Gasteiger partial charge in [0.1, 0.15) is 11.9 Å². The van der Waals surface area contributed by atoms with Crippen LogP contribution in [0.25, 0.3) is 0 Å². The first-order valence-corrected chi connectivity index (χ1v) is 10.5. The lowest BCUT2D eigenvalue weighted by Crippen LogP contribution is -2.25. The maximum atomic E-state index is 6.07. The van der Waals surface area contributed by atoms with Gasteiger partial charge in [0.05, 0.1) is 12.3 Å². The van der Waals surface area contributed by atoms with Gasteiger partial charge in [0.25, 0.3) is 0 Å². The summed E-state index contributed by atoms with van der Waals surface area (Å²) in [6.07, 6.45) is 7.55. The molecule has 0 N–H and O–H groups in total. The number of hydrogen-bond donors (Lipinski definition) is 0. The number of nitrogens with zero attached hydrogens (tertiary/aromatic N) is 3. The highest BCUT2D eigenvalue weighted by molar-refractivity contribution is 14.1. The molecule has 2 aromatic rings. The minimum atomic E-state index is -0.127. The van der Waals surface area contributed by atoms with Gasteiger partial charge in [-0.05, 0) is 66.5 Å². The zero-order valence-electron chi connectivity index (χ0n) is 15.4. The lowest BCUT2D eigenvalue weighted by atomic mass is 10.1. The van der Waals surface area contributed by atoms with Crippen molar-refractivity contribution in [2.45, 2.75) is 57.6 Å². The van der Waals surface area contributed by atoms with E-state index in [2.05, 4.69) is 61.6 Å². The molecule has 1 aromatic heterocycles. The molecule has 144 valence electrons. The van der Waals surface area contributed by atoms with E-state index < -0.39 is 0 Å². The van der Waals surface area contributed by atoms with Gasteiger partial charge in [-0.2, -0.15) is 0 Å². The van der Waals surface area contributed by atoms with E-state index in [0.717, 1.165) is 49.4 Å². The Hall–Kier alpha value is -1.45. The second-order valence-electron chi connectivity index (χ2n) is 6.99. The molecule has 2 aliphatic heterocycles. The van der Waals surface area contributed by atoms with Gasteiger partial charge in [0, 0.05) is 29.0 Å². The first-order chi connectivity index (χ1) is 13.2.